The first-order chi connectivity index (χ1) is 9.04. The van der Waals surface area contributed by atoms with Gasteiger partial charge in [0.25, 0.3) is 0 Å². The van der Waals surface area contributed by atoms with E-state index in [4.69, 9.17) is 26.2 Å². The van der Waals surface area contributed by atoms with Gasteiger partial charge in [0.2, 0.25) is 5.91 Å². The van der Waals surface area contributed by atoms with Crippen LogP contribution in [0.5, 0.6) is 0 Å². The van der Waals surface area contributed by atoms with Gasteiger partial charge in [0.15, 0.2) is 0 Å². The van der Waals surface area contributed by atoms with Gasteiger partial charge in [0.05, 0.1) is 29.5 Å². The average molecular weight is 288 g/mol. The molecule has 0 radical (unpaired) electrons. The molecule has 0 saturated heterocycles. The Morgan fingerprint density at radius 3 is 2.74 bits per heavy atom. The molecule has 1 aromatic carbocycles. The lowest BCUT2D eigenvalue weighted by atomic mass is 10.2. The summed E-state index contributed by atoms with van der Waals surface area (Å²) in [4.78, 5) is 22.3. The largest absolute Gasteiger partial charge is 0.478 e. The van der Waals surface area contributed by atoms with Gasteiger partial charge >= 0.3 is 5.97 Å². The summed E-state index contributed by atoms with van der Waals surface area (Å²) < 4.78 is 9.79. The molecule has 0 unspecified atom stereocenters. The van der Waals surface area contributed by atoms with Crippen molar-refractivity contribution in [1.82, 2.24) is 0 Å². The third-order valence-corrected chi connectivity index (χ3v) is 2.48. The Morgan fingerprint density at radius 1 is 1.37 bits per heavy atom. The van der Waals surface area contributed by atoms with Gasteiger partial charge in [-0.15, -0.1) is 0 Å². The zero-order chi connectivity index (χ0) is 14.3. The van der Waals surface area contributed by atoms with Crippen LogP contribution in [0.25, 0.3) is 0 Å². The standard InChI is InChI=1S/C12H14ClNO5/c1-18-4-5-19-7-11(15)14-10-6-8(12(16)17)2-3-9(10)13/h2-3,6H,4-5,7H2,1H3,(H,14,15)(H,16,17). The molecule has 0 aromatic heterocycles. The fraction of sp³-hybridized carbons (Fsp3) is 0.333. The Balaban J connectivity index is 2.58. The van der Waals surface area contributed by atoms with Crippen molar-refractivity contribution in [1.29, 1.82) is 0 Å². The Morgan fingerprint density at radius 2 is 2.11 bits per heavy atom. The number of carboxylic acid groups (broad SMARTS) is 1. The van der Waals surface area contributed by atoms with Crippen LogP contribution in [0.15, 0.2) is 18.2 Å². The van der Waals surface area contributed by atoms with Crippen molar-refractivity contribution in [3.8, 4) is 0 Å². The quantitative estimate of drug-likeness (QED) is 0.745. The minimum atomic E-state index is -1.09. The van der Waals surface area contributed by atoms with Gasteiger partial charge in [-0.2, -0.15) is 0 Å². The molecule has 1 aromatic rings. The van der Waals surface area contributed by atoms with Crippen LogP contribution in [0.1, 0.15) is 10.4 Å². The second-order valence-corrected chi connectivity index (χ2v) is 4.00. The van der Waals surface area contributed by atoms with Crippen molar-refractivity contribution in [2.45, 2.75) is 0 Å². The minimum Gasteiger partial charge on any atom is -0.478 e. The predicted molar refractivity (Wildman–Crippen MR) is 69.7 cm³/mol. The Kier molecular flexibility index (Phi) is 6.27. The van der Waals surface area contributed by atoms with Crippen LogP contribution in [0.3, 0.4) is 0 Å². The summed E-state index contributed by atoms with van der Waals surface area (Å²) in [6.45, 7) is 0.534. The van der Waals surface area contributed by atoms with Gasteiger partial charge in [-0.25, -0.2) is 4.79 Å². The molecule has 0 aliphatic heterocycles. The maximum atomic E-state index is 11.5. The predicted octanol–water partition coefficient (Wildman–Crippen LogP) is 1.64. The summed E-state index contributed by atoms with van der Waals surface area (Å²) in [5.74, 6) is -1.51. The molecular weight excluding hydrogens is 274 g/mol. The first kappa shape index (κ1) is 15.4. The van der Waals surface area contributed by atoms with Crippen molar-refractivity contribution in [3.05, 3.63) is 28.8 Å². The van der Waals surface area contributed by atoms with E-state index in [1.807, 2.05) is 0 Å². The number of methoxy groups -OCH3 is 1. The van der Waals surface area contributed by atoms with Crippen LogP contribution in [0.4, 0.5) is 5.69 Å². The fourth-order valence-electron chi connectivity index (χ4n) is 1.25. The van der Waals surface area contributed by atoms with Gasteiger partial charge < -0.3 is 19.9 Å². The van der Waals surface area contributed by atoms with E-state index in [1.165, 1.54) is 25.3 Å². The topological polar surface area (TPSA) is 84.9 Å². The summed E-state index contributed by atoms with van der Waals surface area (Å²) in [6, 6.07) is 4.06. The molecule has 0 spiro atoms. The van der Waals surface area contributed by atoms with E-state index < -0.39 is 11.9 Å². The van der Waals surface area contributed by atoms with Crippen molar-refractivity contribution in [2.75, 3.05) is 32.2 Å². The number of hydrogen-bond donors (Lipinski definition) is 2. The van der Waals surface area contributed by atoms with E-state index in [2.05, 4.69) is 5.32 Å². The van der Waals surface area contributed by atoms with E-state index in [-0.39, 0.29) is 22.9 Å². The highest BCUT2D eigenvalue weighted by atomic mass is 35.5. The molecule has 104 valence electrons. The normalized spacial score (nSPS) is 10.2. The maximum absolute atomic E-state index is 11.5. The number of carbonyl (C=O) groups is 2. The molecule has 0 aliphatic rings. The maximum Gasteiger partial charge on any atom is 0.335 e. The number of amides is 1. The summed E-state index contributed by atoms with van der Waals surface area (Å²) in [5.41, 5.74) is 0.280. The van der Waals surface area contributed by atoms with Gasteiger partial charge in [0, 0.05) is 7.11 Å². The first-order valence-electron chi connectivity index (χ1n) is 5.44. The SMILES string of the molecule is COCCOCC(=O)Nc1cc(C(=O)O)ccc1Cl. The van der Waals surface area contributed by atoms with Gasteiger partial charge in [-0.3, -0.25) is 4.79 Å². The zero-order valence-corrected chi connectivity index (χ0v) is 11.1. The number of halogens is 1. The first-order valence-corrected chi connectivity index (χ1v) is 5.81. The van der Waals surface area contributed by atoms with Crippen molar-refractivity contribution < 1.29 is 24.2 Å². The zero-order valence-electron chi connectivity index (χ0n) is 10.3. The third kappa shape index (κ3) is 5.25. The molecule has 0 bridgehead atoms. The lowest BCUT2D eigenvalue weighted by Crippen LogP contribution is -2.20. The summed E-state index contributed by atoms with van der Waals surface area (Å²) >= 11 is 5.86. The lowest BCUT2D eigenvalue weighted by Gasteiger charge is -2.08. The van der Waals surface area contributed by atoms with E-state index in [1.54, 1.807) is 0 Å². The summed E-state index contributed by atoms with van der Waals surface area (Å²) in [7, 11) is 1.53. The second-order valence-electron chi connectivity index (χ2n) is 3.59. The van der Waals surface area contributed by atoms with Crippen LogP contribution in [-0.2, 0) is 14.3 Å². The number of ether oxygens (including phenoxy) is 2. The molecule has 0 heterocycles. The number of aromatic carboxylic acids is 1. The molecule has 19 heavy (non-hydrogen) atoms. The lowest BCUT2D eigenvalue weighted by molar-refractivity contribution is -0.121. The van der Waals surface area contributed by atoms with E-state index in [0.717, 1.165) is 0 Å². The minimum absolute atomic E-state index is 0.0417. The highest BCUT2D eigenvalue weighted by molar-refractivity contribution is 6.33. The molecule has 0 fully saturated rings. The number of carbonyl (C=O) groups excluding carboxylic acids is 1. The van der Waals surface area contributed by atoms with Crippen LogP contribution in [-0.4, -0.2) is 43.9 Å². The van der Waals surface area contributed by atoms with Crippen molar-refractivity contribution in [3.63, 3.8) is 0 Å². The van der Waals surface area contributed by atoms with E-state index in [0.29, 0.717) is 13.2 Å². The second kappa shape index (κ2) is 7.73. The number of nitrogens with one attached hydrogen (secondary N) is 1. The molecule has 1 amide bonds. The Labute approximate surface area is 115 Å². The molecule has 2 N–H and O–H groups in total. The van der Waals surface area contributed by atoms with E-state index >= 15 is 0 Å². The molecular formula is C12H14ClNO5. The number of hydrogen-bond acceptors (Lipinski definition) is 4. The van der Waals surface area contributed by atoms with Gasteiger partial charge in [0.1, 0.15) is 6.61 Å². The molecule has 0 aliphatic carbocycles. The summed E-state index contributed by atoms with van der Waals surface area (Å²) in [5, 5.41) is 11.6. The molecule has 6 nitrogen and oxygen atoms in total. The van der Waals surface area contributed by atoms with Crippen molar-refractivity contribution >= 4 is 29.2 Å². The summed E-state index contributed by atoms with van der Waals surface area (Å²) in [6.07, 6.45) is 0. The fourth-order valence-corrected chi connectivity index (χ4v) is 1.41. The Hall–Kier alpha value is -1.63. The number of rotatable bonds is 7. The third-order valence-electron chi connectivity index (χ3n) is 2.15. The molecule has 7 heteroatoms. The smallest absolute Gasteiger partial charge is 0.335 e. The van der Waals surface area contributed by atoms with Crippen LogP contribution in [0.2, 0.25) is 5.02 Å². The van der Waals surface area contributed by atoms with Crippen LogP contribution < -0.4 is 5.32 Å². The van der Waals surface area contributed by atoms with Gasteiger partial charge in [-0.05, 0) is 18.2 Å². The van der Waals surface area contributed by atoms with Crippen LogP contribution in [0, 0.1) is 0 Å². The molecule has 1 rings (SSSR count). The average Bonchev–Trinajstić information content (AvgIpc) is 2.37. The number of carboxylic acids is 1. The van der Waals surface area contributed by atoms with Gasteiger partial charge in [-0.1, -0.05) is 11.6 Å². The molecule has 0 saturated carbocycles. The van der Waals surface area contributed by atoms with E-state index in [9.17, 15) is 9.59 Å². The van der Waals surface area contributed by atoms with Crippen LogP contribution >= 0.6 is 11.6 Å². The Bertz CT molecular complexity index is 463. The van der Waals surface area contributed by atoms with Crippen molar-refractivity contribution in [2.24, 2.45) is 0 Å². The highest BCUT2D eigenvalue weighted by Crippen LogP contribution is 2.23. The number of benzene rings is 1. The number of anilines is 1. The monoisotopic (exact) mass is 287 g/mol. The highest BCUT2D eigenvalue weighted by Gasteiger charge is 2.10. The molecule has 0 atom stereocenters.